The highest BCUT2D eigenvalue weighted by molar-refractivity contribution is 6.93. The van der Waals surface area contributed by atoms with Crippen LogP contribution in [-0.4, -0.2) is 6.85 Å². The smallest absolute Gasteiger partial charge is 0.333 e. The van der Waals surface area contributed by atoms with Crippen molar-refractivity contribution in [2.45, 2.75) is 6.92 Å². The summed E-state index contributed by atoms with van der Waals surface area (Å²) < 4.78 is 6.44. The maximum Gasteiger partial charge on any atom is 0.333 e. The number of nitrogens with zero attached hydrogens (tertiary/aromatic N) is 2. The molecule has 0 atom stereocenters. The SMILES string of the molecule is Cc1cc2c3c(c1)N(c1ccccc1)c1ccccc1B3N1c3ccccc3Oc3cccc-2c31. The van der Waals surface area contributed by atoms with Gasteiger partial charge in [-0.15, -0.1) is 0 Å². The Morgan fingerprint density at radius 1 is 0.629 bits per heavy atom. The molecular weight excluding hydrogens is 427 g/mol. The lowest BCUT2D eigenvalue weighted by Gasteiger charge is -2.47. The van der Waals surface area contributed by atoms with E-state index in [-0.39, 0.29) is 6.85 Å². The van der Waals surface area contributed by atoms with E-state index in [1.807, 2.05) is 6.07 Å². The molecule has 3 heterocycles. The summed E-state index contributed by atoms with van der Waals surface area (Å²) in [4.78, 5) is 4.94. The maximum atomic E-state index is 6.44. The maximum absolute atomic E-state index is 6.44. The monoisotopic (exact) mass is 448 g/mol. The van der Waals surface area contributed by atoms with Gasteiger partial charge in [0.25, 0.3) is 0 Å². The normalized spacial score (nSPS) is 13.9. The van der Waals surface area contributed by atoms with Crippen molar-refractivity contribution in [3.05, 3.63) is 115 Å². The molecule has 0 saturated heterocycles. The van der Waals surface area contributed by atoms with Crippen molar-refractivity contribution in [3.8, 4) is 22.6 Å². The first-order chi connectivity index (χ1) is 17.3. The molecule has 0 amide bonds. The van der Waals surface area contributed by atoms with E-state index in [1.54, 1.807) is 0 Å². The Labute approximate surface area is 204 Å². The van der Waals surface area contributed by atoms with Gasteiger partial charge >= 0.3 is 6.85 Å². The second-order valence-corrected chi connectivity index (χ2v) is 9.47. The molecule has 0 aromatic heterocycles. The van der Waals surface area contributed by atoms with E-state index in [2.05, 4.69) is 120 Å². The Morgan fingerprint density at radius 2 is 1.37 bits per heavy atom. The number of ether oxygens (including phenoxy) is 1. The first kappa shape index (κ1) is 18.9. The van der Waals surface area contributed by atoms with E-state index >= 15 is 0 Å². The van der Waals surface area contributed by atoms with E-state index in [0.717, 1.165) is 22.9 Å². The van der Waals surface area contributed by atoms with E-state index < -0.39 is 0 Å². The Hall–Kier alpha value is -4.44. The second-order valence-electron chi connectivity index (χ2n) is 9.47. The van der Waals surface area contributed by atoms with Crippen molar-refractivity contribution in [2.75, 3.05) is 9.71 Å². The molecule has 3 nitrogen and oxygen atoms in total. The van der Waals surface area contributed by atoms with Crippen LogP contribution in [0.2, 0.25) is 0 Å². The lowest BCUT2D eigenvalue weighted by atomic mass is 9.43. The van der Waals surface area contributed by atoms with Crippen LogP contribution in [0.25, 0.3) is 11.1 Å². The van der Waals surface area contributed by atoms with Crippen LogP contribution < -0.4 is 25.4 Å². The zero-order chi connectivity index (χ0) is 23.1. The van der Waals surface area contributed by atoms with Gasteiger partial charge in [0.2, 0.25) is 0 Å². The first-order valence-electron chi connectivity index (χ1n) is 12.1. The molecule has 0 fully saturated rings. The van der Waals surface area contributed by atoms with Crippen molar-refractivity contribution in [1.29, 1.82) is 0 Å². The number of hydrogen-bond acceptors (Lipinski definition) is 3. The van der Waals surface area contributed by atoms with Crippen LogP contribution in [0.15, 0.2) is 109 Å². The molecule has 164 valence electrons. The third-order valence-corrected chi connectivity index (χ3v) is 7.44. The van der Waals surface area contributed by atoms with Gasteiger partial charge in [0.15, 0.2) is 5.75 Å². The van der Waals surface area contributed by atoms with Crippen molar-refractivity contribution < 1.29 is 4.74 Å². The molecule has 3 aliphatic heterocycles. The average molecular weight is 448 g/mol. The summed E-state index contributed by atoms with van der Waals surface area (Å²) in [6.45, 7) is 2.25. The number of rotatable bonds is 1. The second kappa shape index (κ2) is 6.80. The van der Waals surface area contributed by atoms with Crippen LogP contribution in [-0.2, 0) is 0 Å². The molecule has 0 unspecified atom stereocenters. The molecule has 4 heteroatoms. The van der Waals surface area contributed by atoms with E-state index in [4.69, 9.17) is 4.74 Å². The van der Waals surface area contributed by atoms with Crippen molar-refractivity contribution in [2.24, 2.45) is 0 Å². The van der Waals surface area contributed by atoms with Gasteiger partial charge < -0.3 is 14.4 Å². The zero-order valence-corrected chi connectivity index (χ0v) is 19.3. The molecule has 0 bridgehead atoms. The molecule has 0 aliphatic carbocycles. The molecule has 0 spiro atoms. The predicted octanol–water partition coefficient (Wildman–Crippen LogP) is 6.81. The van der Waals surface area contributed by atoms with Gasteiger partial charge in [-0.05, 0) is 71.4 Å². The number of benzene rings is 5. The van der Waals surface area contributed by atoms with Crippen LogP contribution in [0.5, 0.6) is 11.5 Å². The minimum absolute atomic E-state index is 0.0514. The van der Waals surface area contributed by atoms with Crippen LogP contribution in [0.1, 0.15) is 5.56 Å². The molecule has 35 heavy (non-hydrogen) atoms. The van der Waals surface area contributed by atoms with Crippen molar-refractivity contribution >= 4 is 46.2 Å². The lowest BCUT2D eigenvalue weighted by Crippen LogP contribution is -2.62. The molecule has 3 aliphatic rings. The van der Waals surface area contributed by atoms with Gasteiger partial charge in [-0.25, -0.2) is 0 Å². The van der Waals surface area contributed by atoms with Crippen molar-refractivity contribution in [1.82, 2.24) is 0 Å². The van der Waals surface area contributed by atoms with Crippen LogP contribution in [0.3, 0.4) is 0 Å². The van der Waals surface area contributed by atoms with Gasteiger partial charge in [-0.3, -0.25) is 0 Å². The van der Waals surface area contributed by atoms with E-state index in [1.165, 1.54) is 44.7 Å². The van der Waals surface area contributed by atoms with Crippen LogP contribution in [0, 0.1) is 6.92 Å². The highest BCUT2D eigenvalue weighted by atomic mass is 16.5. The molecule has 5 aromatic rings. The summed E-state index contributed by atoms with van der Waals surface area (Å²) in [7, 11) is 0. The largest absolute Gasteiger partial charge is 0.453 e. The number of aryl methyl sites for hydroxylation is 1. The minimum atomic E-state index is 0.0514. The van der Waals surface area contributed by atoms with Gasteiger partial charge in [-0.1, -0.05) is 66.7 Å². The van der Waals surface area contributed by atoms with Crippen LogP contribution >= 0.6 is 0 Å². The van der Waals surface area contributed by atoms with Crippen LogP contribution in [0.4, 0.5) is 28.4 Å². The topological polar surface area (TPSA) is 15.7 Å². The molecular formula is C31H21BN2O. The third kappa shape index (κ3) is 2.46. The lowest BCUT2D eigenvalue weighted by molar-refractivity contribution is 0.478. The zero-order valence-electron chi connectivity index (χ0n) is 19.3. The summed E-state index contributed by atoms with van der Waals surface area (Å²) in [6.07, 6.45) is 0. The van der Waals surface area contributed by atoms with Gasteiger partial charge in [0, 0.05) is 22.6 Å². The fraction of sp³-hybridized carbons (Fsp3) is 0.0323. The van der Waals surface area contributed by atoms with E-state index in [9.17, 15) is 0 Å². The van der Waals surface area contributed by atoms with Gasteiger partial charge in [0.05, 0.1) is 11.4 Å². The molecule has 0 saturated carbocycles. The quantitative estimate of drug-likeness (QED) is 0.262. The summed E-state index contributed by atoms with van der Waals surface area (Å²) in [5.74, 6) is 1.81. The average Bonchev–Trinajstić information content (AvgIpc) is 2.90. The number of para-hydroxylation sites is 5. The highest BCUT2D eigenvalue weighted by Gasteiger charge is 2.47. The Bertz CT molecular complexity index is 1660. The van der Waals surface area contributed by atoms with Gasteiger partial charge in [-0.2, -0.15) is 0 Å². The first-order valence-corrected chi connectivity index (χ1v) is 12.1. The highest BCUT2D eigenvalue weighted by Crippen LogP contribution is 2.54. The van der Waals surface area contributed by atoms with E-state index in [0.29, 0.717) is 0 Å². The summed E-state index contributed by atoms with van der Waals surface area (Å²) in [6, 6.07) is 39.1. The van der Waals surface area contributed by atoms with Crippen molar-refractivity contribution in [3.63, 3.8) is 0 Å². The predicted molar refractivity (Wildman–Crippen MR) is 145 cm³/mol. The molecule has 8 rings (SSSR count). The number of anilines is 5. The summed E-state index contributed by atoms with van der Waals surface area (Å²) in [5.41, 5.74) is 12.3. The molecule has 0 radical (unpaired) electrons. The molecule has 5 aromatic carbocycles. The third-order valence-electron chi connectivity index (χ3n) is 7.44. The standard InChI is InChI=1S/C31H21BN2O/c1-20-18-23-22-12-9-17-29-31(22)34(26-15-7-8-16-28(26)35-29)32-24-13-5-6-14-25(24)33(27(19-20)30(23)32)21-10-3-2-4-11-21/h2-19H,1H3. The number of hydrogen-bond donors (Lipinski definition) is 0. The van der Waals surface area contributed by atoms with Gasteiger partial charge in [0.1, 0.15) is 5.75 Å². The fourth-order valence-corrected chi connectivity index (χ4v) is 6.12. The summed E-state index contributed by atoms with van der Waals surface area (Å²) in [5, 5.41) is 0. The fourth-order valence-electron chi connectivity index (χ4n) is 6.12. The molecule has 0 N–H and O–H groups in total. The Balaban J connectivity index is 1.53. The minimum Gasteiger partial charge on any atom is -0.453 e. The number of fused-ring (bicyclic) bond motifs is 6. The Morgan fingerprint density at radius 3 is 2.26 bits per heavy atom. The summed E-state index contributed by atoms with van der Waals surface area (Å²) >= 11 is 0. The Kier molecular flexibility index (Phi) is 3.68.